The fourth-order valence-corrected chi connectivity index (χ4v) is 0.393. The molecule has 0 bridgehead atoms. The van der Waals surface area contributed by atoms with Crippen molar-refractivity contribution in [3.8, 4) is 0 Å². The number of hydrogen-bond donors (Lipinski definition) is 3. The molecule has 0 aliphatic heterocycles. The van der Waals surface area contributed by atoms with Crippen molar-refractivity contribution in [2.45, 2.75) is 19.0 Å². The molecule has 0 radical (unpaired) electrons. The van der Waals surface area contributed by atoms with Crippen molar-refractivity contribution in [2.75, 3.05) is 7.05 Å². The van der Waals surface area contributed by atoms with Gasteiger partial charge in [-0.2, -0.15) is 0 Å². The summed E-state index contributed by atoms with van der Waals surface area (Å²) in [6, 6.07) is -0.988. The van der Waals surface area contributed by atoms with Crippen molar-refractivity contribution >= 4 is 5.97 Å². The zero-order valence-electron chi connectivity index (χ0n) is 5.59. The van der Waals surface area contributed by atoms with Crippen LogP contribution in [0.25, 0.3) is 0 Å². The number of carboxylic acid groups (broad SMARTS) is 1. The van der Waals surface area contributed by atoms with Gasteiger partial charge in [-0.1, -0.05) is 0 Å². The molecule has 0 amide bonds. The number of nitrogens with two attached hydrogens (primary N) is 1. The third-order valence-corrected chi connectivity index (χ3v) is 1.28. The van der Waals surface area contributed by atoms with Crippen molar-refractivity contribution in [2.24, 2.45) is 5.73 Å². The first kappa shape index (κ1) is 8.39. The number of hydrogen-bond acceptors (Lipinski definition) is 3. The Hall–Kier alpha value is -0.610. The maximum atomic E-state index is 10.1. The lowest BCUT2D eigenvalue weighted by atomic mass is 10.2. The molecule has 0 aliphatic carbocycles. The Morgan fingerprint density at radius 3 is 2.33 bits per heavy atom. The van der Waals surface area contributed by atoms with E-state index in [2.05, 4.69) is 5.32 Å². The fourth-order valence-electron chi connectivity index (χ4n) is 0.393. The van der Waals surface area contributed by atoms with Crippen LogP contribution < -0.4 is 11.1 Å². The van der Waals surface area contributed by atoms with E-state index in [1.165, 1.54) is 0 Å². The van der Waals surface area contributed by atoms with Crippen LogP contribution >= 0.6 is 0 Å². The molecule has 4 heteroatoms. The third kappa shape index (κ3) is 2.43. The number of rotatable bonds is 3. The van der Waals surface area contributed by atoms with Gasteiger partial charge in [0.05, 0.1) is 0 Å². The van der Waals surface area contributed by atoms with Crippen LogP contribution in [0.2, 0.25) is 0 Å². The SMILES string of the molecule is CN[C@H](C)[C@@H](N)C(=O)O. The predicted molar refractivity (Wildman–Crippen MR) is 34.1 cm³/mol. The minimum atomic E-state index is -0.975. The highest BCUT2D eigenvalue weighted by molar-refractivity contribution is 5.73. The molecule has 9 heavy (non-hydrogen) atoms. The average molecular weight is 132 g/mol. The molecule has 0 unspecified atom stereocenters. The molecule has 0 saturated heterocycles. The van der Waals surface area contributed by atoms with Gasteiger partial charge in [0.2, 0.25) is 0 Å². The van der Waals surface area contributed by atoms with E-state index in [1.54, 1.807) is 14.0 Å². The van der Waals surface area contributed by atoms with Crippen LogP contribution in [-0.2, 0) is 4.79 Å². The molecule has 4 N–H and O–H groups in total. The Balaban J connectivity index is 3.72. The zero-order valence-corrected chi connectivity index (χ0v) is 5.59. The van der Waals surface area contributed by atoms with Crippen LogP contribution in [0.15, 0.2) is 0 Å². The van der Waals surface area contributed by atoms with Crippen molar-refractivity contribution in [1.29, 1.82) is 0 Å². The Morgan fingerprint density at radius 1 is 1.78 bits per heavy atom. The van der Waals surface area contributed by atoms with Crippen LogP contribution in [0.3, 0.4) is 0 Å². The normalized spacial score (nSPS) is 16.8. The summed E-state index contributed by atoms with van der Waals surface area (Å²) in [7, 11) is 1.67. The van der Waals surface area contributed by atoms with Gasteiger partial charge in [0.15, 0.2) is 0 Å². The van der Waals surface area contributed by atoms with Crippen molar-refractivity contribution < 1.29 is 9.90 Å². The number of nitrogens with one attached hydrogen (secondary N) is 1. The molecule has 0 rings (SSSR count). The van der Waals surface area contributed by atoms with E-state index in [4.69, 9.17) is 10.8 Å². The van der Waals surface area contributed by atoms with Crippen molar-refractivity contribution in [3.63, 3.8) is 0 Å². The van der Waals surface area contributed by atoms with Gasteiger partial charge in [0, 0.05) is 6.04 Å². The maximum absolute atomic E-state index is 10.1. The molecule has 0 aromatic heterocycles. The number of likely N-dealkylation sites (N-methyl/N-ethyl adjacent to an activating group) is 1. The van der Waals surface area contributed by atoms with Crippen LogP contribution in [0, 0.1) is 0 Å². The van der Waals surface area contributed by atoms with Crippen LogP contribution in [0.1, 0.15) is 6.92 Å². The van der Waals surface area contributed by atoms with Crippen molar-refractivity contribution in [3.05, 3.63) is 0 Å². The lowest BCUT2D eigenvalue weighted by molar-refractivity contribution is -0.139. The van der Waals surface area contributed by atoms with Crippen molar-refractivity contribution in [1.82, 2.24) is 5.32 Å². The van der Waals surface area contributed by atoms with E-state index in [9.17, 15) is 4.79 Å². The third-order valence-electron chi connectivity index (χ3n) is 1.28. The molecule has 0 heterocycles. The Kier molecular flexibility index (Phi) is 3.19. The highest BCUT2D eigenvalue weighted by Crippen LogP contribution is 1.86. The summed E-state index contributed by atoms with van der Waals surface area (Å²) in [4.78, 5) is 10.1. The molecule has 0 fully saturated rings. The quantitative estimate of drug-likeness (QED) is 0.460. The molecule has 0 spiro atoms. The standard InChI is InChI=1S/C5H12N2O2/c1-3(7-2)4(6)5(8)9/h3-4,7H,6H2,1-2H3,(H,8,9)/t3-,4-/m1/s1. The second kappa shape index (κ2) is 3.42. The molecule has 54 valence electrons. The van der Waals surface area contributed by atoms with Gasteiger partial charge in [-0.05, 0) is 14.0 Å². The number of carbonyl (C=O) groups is 1. The van der Waals surface area contributed by atoms with Crippen LogP contribution in [0.5, 0.6) is 0 Å². The van der Waals surface area contributed by atoms with Gasteiger partial charge in [0.25, 0.3) is 0 Å². The topological polar surface area (TPSA) is 75.3 Å². The predicted octanol–water partition coefficient (Wildman–Crippen LogP) is -0.994. The van der Waals surface area contributed by atoms with Gasteiger partial charge >= 0.3 is 5.97 Å². The fraction of sp³-hybridized carbons (Fsp3) is 0.800. The molecule has 4 nitrogen and oxygen atoms in total. The second-order valence-electron chi connectivity index (χ2n) is 1.94. The number of aliphatic carboxylic acids is 1. The van der Waals surface area contributed by atoms with E-state index in [1.807, 2.05) is 0 Å². The lowest BCUT2D eigenvalue weighted by Gasteiger charge is -2.13. The summed E-state index contributed by atoms with van der Waals surface area (Å²) in [5.74, 6) is -0.975. The van der Waals surface area contributed by atoms with E-state index >= 15 is 0 Å². The first-order valence-electron chi connectivity index (χ1n) is 2.75. The summed E-state index contributed by atoms with van der Waals surface area (Å²) >= 11 is 0. The minimum absolute atomic E-state index is 0.178. The number of carboxylic acids is 1. The van der Waals surface area contributed by atoms with Gasteiger partial charge in [0.1, 0.15) is 6.04 Å². The molecule has 0 aromatic rings. The van der Waals surface area contributed by atoms with Gasteiger partial charge in [-0.15, -0.1) is 0 Å². The Labute approximate surface area is 54.0 Å². The van der Waals surface area contributed by atoms with E-state index in [0.29, 0.717) is 0 Å². The van der Waals surface area contributed by atoms with E-state index in [-0.39, 0.29) is 6.04 Å². The smallest absolute Gasteiger partial charge is 0.322 e. The van der Waals surface area contributed by atoms with Gasteiger partial charge < -0.3 is 16.2 Å². The average Bonchev–Trinajstić information content (AvgIpc) is 1.84. The molecule has 2 atom stereocenters. The largest absolute Gasteiger partial charge is 0.480 e. The Bertz CT molecular complexity index is 105. The first-order valence-corrected chi connectivity index (χ1v) is 2.75. The van der Waals surface area contributed by atoms with Crippen LogP contribution in [-0.4, -0.2) is 30.2 Å². The highest BCUT2D eigenvalue weighted by atomic mass is 16.4. The Morgan fingerprint density at radius 2 is 2.22 bits per heavy atom. The summed E-state index contributed by atoms with van der Waals surface area (Å²) in [6.45, 7) is 1.72. The second-order valence-corrected chi connectivity index (χ2v) is 1.94. The summed E-state index contributed by atoms with van der Waals surface area (Å²) in [6.07, 6.45) is 0. The maximum Gasteiger partial charge on any atom is 0.322 e. The molecule has 0 aromatic carbocycles. The minimum Gasteiger partial charge on any atom is -0.480 e. The van der Waals surface area contributed by atoms with Crippen LogP contribution in [0.4, 0.5) is 0 Å². The molecule has 0 saturated carbocycles. The summed E-state index contributed by atoms with van der Waals surface area (Å²) in [5.41, 5.74) is 5.21. The van der Waals surface area contributed by atoms with E-state index in [0.717, 1.165) is 0 Å². The van der Waals surface area contributed by atoms with Gasteiger partial charge in [-0.25, -0.2) is 0 Å². The highest BCUT2D eigenvalue weighted by Gasteiger charge is 2.17. The summed E-state index contributed by atoms with van der Waals surface area (Å²) in [5, 5.41) is 11.1. The molecular formula is C5H12N2O2. The zero-order chi connectivity index (χ0) is 7.44. The van der Waals surface area contributed by atoms with Gasteiger partial charge in [-0.3, -0.25) is 4.79 Å². The lowest BCUT2D eigenvalue weighted by Crippen LogP contribution is -2.46. The monoisotopic (exact) mass is 132 g/mol. The first-order chi connectivity index (χ1) is 4.09. The summed E-state index contributed by atoms with van der Waals surface area (Å²) < 4.78 is 0. The van der Waals surface area contributed by atoms with E-state index < -0.39 is 12.0 Å². The molecular weight excluding hydrogens is 120 g/mol. The molecule has 0 aliphatic rings.